The van der Waals surface area contributed by atoms with Crippen LogP contribution in [0.5, 0.6) is 11.5 Å². The molecule has 3 rings (SSSR count). The molecule has 8 heteroatoms. The zero-order valence-electron chi connectivity index (χ0n) is 19.1. The van der Waals surface area contributed by atoms with Crippen LogP contribution in [0.15, 0.2) is 18.2 Å². The van der Waals surface area contributed by atoms with Gasteiger partial charge in [0.1, 0.15) is 12.2 Å². The number of benzene rings is 1. The fourth-order valence-electron chi connectivity index (χ4n) is 3.57. The fourth-order valence-corrected chi connectivity index (χ4v) is 4.59. The molecular weight excluding hydrogens is 404 g/mol. The van der Waals surface area contributed by atoms with Crippen molar-refractivity contribution in [3.05, 3.63) is 23.8 Å². The maximum atomic E-state index is 11.2. The van der Waals surface area contributed by atoms with Gasteiger partial charge in [-0.3, -0.25) is 0 Å². The normalized spacial score (nSPS) is 25.4. The molecule has 1 aromatic rings. The molecule has 1 aromatic carbocycles. The lowest BCUT2D eigenvalue weighted by Crippen LogP contribution is -2.47. The molecule has 0 bridgehead atoms. The summed E-state index contributed by atoms with van der Waals surface area (Å²) in [6, 6.07) is 5.43. The highest BCUT2D eigenvalue weighted by atomic mass is 28.4. The molecule has 0 saturated carbocycles. The summed E-state index contributed by atoms with van der Waals surface area (Å²) in [5.74, 6) is -0.133. The van der Waals surface area contributed by atoms with Crippen molar-refractivity contribution in [2.45, 2.75) is 82.8 Å². The zero-order valence-corrected chi connectivity index (χ0v) is 20.1. The zero-order chi connectivity index (χ0) is 22.3. The average molecular weight is 441 g/mol. The molecule has 0 amide bonds. The number of hydrogen-bond acceptors (Lipinski definition) is 7. The second-order valence-corrected chi connectivity index (χ2v) is 14.9. The monoisotopic (exact) mass is 440 g/mol. The van der Waals surface area contributed by atoms with E-state index in [1.165, 1.54) is 0 Å². The van der Waals surface area contributed by atoms with E-state index < -0.39 is 38.3 Å². The molecule has 0 unspecified atom stereocenters. The molecule has 2 aliphatic heterocycles. The third kappa shape index (κ3) is 4.84. The van der Waals surface area contributed by atoms with Crippen molar-refractivity contribution in [1.29, 1.82) is 0 Å². The highest BCUT2D eigenvalue weighted by Gasteiger charge is 2.48. The van der Waals surface area contributed by atoms with Crippen LogP contribution in [-0.2, 0) is 13.9 Å². The Kier molecular flexibility index (Phi) is 6.58. The molecule has 170 valence electrons. The second-order valence-electron chi connectivity index (χ2n) is 10.1. The number of ether oxygens (including phenoxy) is 4. The maximum Gasteiger partial charge on any atom is 0.231 e. The minimum Gasteiger partial charge on any atom is -0.454 e. The molecule has 0 radical (unpaired) electrons. The Bertz CT molecular complexity index is 743. The fraction of sp³-hybridized carbons (Fsp3) is 0.727. The molecule has 0 spiro atoms. The lowest BCUT2D eigenvalue weighted by Gasteiger charge is -2.37. The van der Waals surface area contributed by atoms with Gasteiger partial charge in [-0.2, -0.15) is 0 Å². The quantitative estimate of drug-likeness (QED) is 0.629. The minimum absolute atomic E-state index is 0.0657. The molecule has 2 N–H and O–H groups in total. The van der Waals surface area contributed by atoms with Crippen molar-refractivity contribution < 1.29 is 33.6 Å². The number of fused-ring (bicyclic) bond motifs is 1. The molecule has 1 fully saturated rings. The molecule has 0 aliphatic carbocycles. The van der Waals surface area contributed by atoms with Crippen molar-refractivity contribution in [1.82, 2.24) is 0 Å². The van der Waals surface area contributed by atoms with Crippen molar-refractivity contribution in [2.75, 3.05) is 20.0 Å². The maximum absolute atomic E-state index is 11.2. The Morgan fingerprint density at radius 2 is 1.83 bits per heavy atom. The Hall–Kier alpha value is -1.16. The van der Waals surface area contributed by atoms with Crippen LogP contribution in [-0.4, -0.2) is 62.6 Å². The van der Waals surface area contributed by atoms with E-state index in [0.29, 0.717) is 18.1 Å². The summed E-state index contributed by atoms with van der Waals surface area (Å²) in [7, 11) is -1.99. The van der Waals surface area contributed by atoms with E-state index in [0.717, 1.165) is 5.56 Å². The van der Waals surface area contributed by atoms with Crippen LogP contribution in [0.2, 0.25) is 18.1 Å². The summed E-state index contributed by atoms with van der Waals surface area (Å²) in [6.45, 7) is 14.8. The Morgan fingerprint density at radius 1 is 1.17 bits per heavy atom. The van der Waals surface area contributed by atoms with Crippen LogP contribution in [0.4, 0.5) is 0 Å². The van der Waals surface area contributed by atoms with Crippen LogP contribution >= 0.6 is 0 Å². The van der Waals surface area contributed by atoms with Gasteiger partial charge in [-0.15, -0.1) is 0 Å². The molecule has 1 saturated heterocycles. The first kappa shape index (κ1) is 23.5. The van der Waals surface area contributed by atoms with E-state index in [1.54, 1.807) is 12.1 Å². The van der Waals surface area contributed by atoms with E-state index in [4.69, 9.17) is 23.4 Å². The SMILES string of the molecule is CC1(C)O[C@@H]([C@@H](O)[C@H](CO)c2ccc3c(c2)OCO3)[C@H](CO[Si](C)(C)C(C)(C)C)O1. The molecule has 2 heterocycles. The number of hydrogen-bond donors (Lipinski definition) is 2. The summed E-state index contributed by atoms with van der Waals surface area (Å²) in [5.41, 5.74) is 0.756. The van der Waals surface area contributed by atoms with Gasteiger partial charge in [-0.25, -0.2) is 0 Å². The van der Waals surface area contributed by atoms with Gasteiger partial charge in [0.2, 0.25) is 6.79 Å². The first-order chi connectivity index (χ1) is 13.8. The van der Waals surface area contributed by atoms with Crippen LogP contribution in [0.25, 0.3) is 0 Å². The molecule has 2 aliphatic rings. The predicted octanol–water partition coefficient (Wildman–Crippen LogP) is 3.39. The van der Waals surface area contributed by atoms with E-state index in [-0.39, 0.29) is 18.4 Å². The van der Waals surface area contributed by atoms with Crippen LogP contribution in [0.1, 0.15) is 46.1 Å². The van der Waals surface area contributed by atoms with Gasteiger partial charge in [0.05, 0.1) is 19.3 Å². The Labute approximate surface area is 180 Å². The van der Waals surface area contributed by atoms with Gasteiger partial charge in [0.15, 0.2) is 25.6 Å². The van der Waals surface area contributed by atoms with Gasteiger partial charge in [0.25, 0.3) is 0 Å². The topological polar surface area (TPSA) is 86.6 Å². The van der Waals surface area contributed by atoms with E-state index in [9.17, 15) is 10.2 Å². The van der Waals surface area contributed by atoms with Crippen molar-refractivity contribution >= 4 is 8.32 Å². The Morgan fingerprint density at radius 3 is 2.47 bits per heavy atom. The standard InChI is InChI=1S/C22H36O7Si/c1-21(2,3)30(6,7)27-12-18-20(29-22(4,5)28-18)19(24)15(11-23)14-8-9-16-17(10-14)26-13-25-16/h8-10,15,18-20,23-24H,11-13H2,1-7H3/t15-,18+,19+,20-/m1/s1. The van der Waals surface area contributed by atoms with Crippen molar-refractivity contribution in [3.63, 3.8) is 0 Å². The highest BCUT2D eigenvalue weighted by Crippen LogP contribution is 2.40. The number of aliphatic hydroxyl groups is 2. The number of aliphatic hydroxyl groups excluding tert-OH is 2. The Balaban J connectivity index is 1.78. The van der Waals surface area contributed by atoms with Gasteiger partial charge in [-0.05, 0) is 49.7 Å². The predicted molar refractivity (Wildman–Crippen MR) is 115 cm³/mol. The smallest absolute Gasteiger partial charge is 0.231 e. The molecule has 30 heavy (non-hydrogen) atoms. The van der Waals surface area contributed by atoms with Crippen LogP contribution < -0.4 is 9.47 Å². The summed E-state index contributed by atoms with van der Waals surface area (Å²) >= 11 is 0. The summed E-state index contributed by atoms with van der Waals surface area (Å²) in [5, 5.41) is 21.4. The summed E-state index contributed by atoms with van der Waals surface area (Å²) < 4.78 is 29.3. The molecular formula is C22H36O7Si. The van der Waals surface area contributed by atoms with Gasteiger partial charge in [0, 0.05) is 5.92 Å². The van der Waals surface area contributed by atoms with Crippen molar-refractivity contribution in [3.8, 4) is 11.5 Å². The van der Waals surface area contributed by atoms with E-state index >= 15 is 0 Å². The molecule has 7 nitrogen and oxygen atoms in total. The van der Waals surface area contributed by atoms with Crippen LogP contribution in [0, 0.1) is 0 Å². The van der Waals surface area contributed by atoms with E-state index in [1.807, 2.05) is 19.9 Å². The number of rotatable bonds is 7. The third-order valence-corrected chi connectivity index (χ3v) is 10.9. The molecule has 4 atom stereocenters. The van der Waals surface area contributed by atoms with Gasteiger partial charge < -0.3 is 33.6 Å². The minimum atomic E-state index is -1.99. The van der Waals surface area contributed by atoms with Crippen molar-refractivity contribution in [2.24, 2.45) is 0 Å². The van der Waals surface area contributed by atoms with Crippen LogP contribution in [0.3, 0.4) is 0 Å². The van der Waals surface area contributed by atoms with Gasteiger partial charge in [-0.1, -0.05) is 26.8 Å². The molecule has 0 aromatic heterocycles. The van der Waals surface area contributed by atoms with Gasteiger partial charge >= 0.3 is 0 Å². The average Bonchev–Trinajstić information content (AvgIpc) is 3.22. The largest absolute Gasteiger partial charge is 0.454 e. The first-order valence-electron chi connectivity index (χ1n) is 10.5. The highest BCUT2D eigenvalue weighted by molar-refractivity contribution is 6.74. The first-order valence-corrected chi connectivity index (χ1v) is 13.4. The lowest BCUT2D eigenvalue weighted by atomic mass is 9.89. The summed E-state index contributed by atoms with van der Waals surface area (Å²) in [4.78, 5) is 0. The second kappa shape index (κ2) is 8.41. The van der Waals surface area contributed by atoms with E-state index in [2.05, 4.69) is 33.9 Å². The lowest BCUT2D eigenvalue weighted by molar-refractivity contribution is -0.158. The summed E-state index contributed by atoms with van der Waals surface area (Å²) in [6.07, 6.45) is -2.05. The third-order valence-electron chi connectivity index (χ3n) is 6.41.